The van der Waals surface area contributed by atoms with E-state index < -0.39 is 0 Å². The first kappa shape index (κ1) is 18.7. The van der Waals surface area contributed by atoms with Crippen LogP contribution < -0.4 is 9.47 Å². The van der Waals surface area contributed by atoms with Crippen molar-refractivity contribution >= 4 is 17.9 Å². The van der Waals surface area contributed by atoms with Crippen LogP contribution in [0.4, 0.5) is 4.39 Å². The molecule has 0 spiro atoms. The topological polar surface area (TPSA) is 35.5 Å². The van der Waals surface area contributed by atoms with Gasteiger partial charge in [0.15, 0.2) is 5.76 Å². The summed E-state index contributed by atoms with van der Waals surface area (Å²) in [5, 5.41) is 0. The maximum absolute atomic E-state index is 13.4. The van der Waals surface area contributed by atoms with Crippen LogP contribution in [0.15, 0.2) is 73.0 Å². The van der Waals surface area contributed by atoms with Crippen molar-refractivity contribution in [1.29, 1.82) is 0 Å². The number of ketones is 1. The lowest BCUT2D eigenvalue weighted by atomic mass is 10.1. The molecule has 0 N–H and O–H groups in total. The molecule has 0 radical (unpaired) electrons. The lowest BCUT2D eigenvalue weighted by molar-refractivity contribution is 0.101. The molecule has 4 heteroatoms. The van der Waals surface area contributed by atoms with Crippen LogP contribution in [-0.2, 0) is 6.61 Å². The van der Waals surface area contributed by atoms with Gasteiger partial charge in [-0.3, -0.25) is 4.79 Å². The Bertz CT molecular complexity index is 1130. The Morgan fingerprint density at radius 2 is 1.86 bits per heavy atom. The van der Waals surface area contributed by atoms with E-state index in [2.05, 4.69) is 6.58 Å². The Labute approximate surface area is 168 Å². The predicted molar refractivity (Wildman–Crippen MR) is 111 cm³/mol. The predicted octanol–water partition coefficient (Wildman–Crippen LogP) is 5.97. The fourth-order valence-electron chi connectivity index (χ4n) is 3.18. The molecule has 0 bridgehead atoms. The summed E-state index contributed by atoms with van der Waals surface area (Å²) in [6.07, 6.45) is 3.34. The molecular weight excluding hydrogens is 367 g/mol. The zero-order valence-corrected chi connectivity index (χ0v) is 15.9. The first-order chi connectivity index (χ1) is 14.0. The van der Waals surface area contributed by atoms with Gasteiger partial charge in [-0.1, -0.05) is 49.1 Å². The smallest absolute Gasteiger partial charge is 0.231 e. The van der Waals surface area contributed by atoms with Crippen LogP contribution in [0.1, 0.15) is 32.6 Å². The van der Waals surface area contributed by atoms with Gasteiger partial charge in [-0.25, -0.2) is 4.39 Å². The number of halogens is 1. The Morgan fingerprint density at radius 3 is 2.59 bits per heavy atom. The molecule has 29 heavy (non-hydrogen) atoms. The number of hydrogen-bond acceptors (Lipinski definition) is 3. The van der Waals surface area contributed by atoms with Crippen molar-refractivity contribution in [3.63, 3.8) is 0 Å². The molecule has 144 valence electrons. The molecule has 4 rings (SSSR count). The molecule has 3 nitrogen and oxygen atoms in total. The third-order valence-electron chi connectivity index (χ3n) is 4.79. The van der Waals surface area contributed by atoms with Crippen LogP contribution in [0.25, 0.3) is 12.2 Å². The average molecular weight is 386 g/mol. The van der Waals surface area contributed by atoms with Gasteiger partial charge in [-0.2, -0.15) is 0 Å². The summed E-state index contributed by atoms with van der Waals surface area (Å²) < 4.78 is 25.2. The minimum atomic E-state index is -0.365. The highest BCUT2D eigenvalue weighted by atomic mass is 19.1. The number of carbonyl (C=O) groups is 1. The molecule has 0 fully saturated rings. The SMILES string of the molecule is C=Cc1ccc(COc2ccc3c(c2C)O/C(=C\c2cccc(F)c2)C3=O)cc1. The van der Waals surface area contributed by atoms with Crippen molar-refractivity contribution in [3.8, 4) is 11.5 Å². The number of hydrogen-bond donors (Lipinski definition) is 0. The van der Waals surface area contributed by atoms with E-state index in [4.69, 9.17) is 9.47 Å². The number of ether oxygens (including phenoxy) is 2. The highest BCUT2D eigenvalue weighted by molar-refractivity contribution is 6.14. The third kappa shape index (κ3) is 3.83. The van der Waals surface area contributed by atoms with E-state index in [0.717, 1.165) is 16.7 Å². The van der Waals surface area contributed by atoms with Gasteiger partial charge in [0.05, 0.1) is 5.56 Å². The van der Waals surface area contributed by atoms with Crippen molar-refractivity contribution < 1.29 is 18.7 Å². The van der Waals surface area contributed by atoms with Gasteiger partial charge in [-0.15, -0.1) is 0 Å². The van der Waals surface area contributed by atoms with E-state index in [1.165, 1.54) is 12.1 Å². The molecule has 1 heterocycles. The van der Waals surface area contributed by atoms with Crippen molar-refractivity contribution in [2.24, 2.45) is 0 Å². The Hall–Kier alpha value is -3.66. The number of Topliss-reactive ketones (excluding diaryl/α,β-unsaturated/α-hetero) is 1. The molecule has 3 aromatic carbocycles. The average Bonchev–Trinajstić information content (AvgIpc) is 3.04. The van der Waals surface area contributed by atoms with Crippen LogP contribution in [0.5, 0.6) is 11.5 Å². The van der Waals surface area contributed by atoms with E-state index >= 15 is 0 Å². The maximum Gasteiger partial charge on any atom is 0.231 e. The van der Waals surface area contributed by atoms with Gasteiger partial charge in [-0.05, 0) is 54.0 Å². The number of rotatable bonds is 5. The summed E-state index contributed by atoms with van der Waals surface area (Å²) in [6.45, 7) is 6.00. The van der Waals surface area contributed by atoms with E-state index in [0.29, 0.717) is 29.2 Å². The minimum Gasteiger partial charge on any atom is -0.488 e. The Morgan fingerprint density at radius 1 is 1.07 bits per heavy atom. The van der Waals surface area contributed by atoms with Crippen LogP contribution in [0.2, 0.25) is 0 Å². The first-order valence-corrected chi connectivity index (χ1v) is 9.23. The van der Waals surface area contributed by atoms with Crippen LogP contribution >= 0.6 is 0 Å². The molecule has 0 aromatic heterocycles. The lowest BCUT2D eigenvalue weighted by Gasteiger charge is -2.11. The Kier molecular flexibility index (Phi) is 5.00. The zero-order chi connectivity index (χ0) is 20.4. The standard InChI is InChI=1S/C25H19FO3/c1-3-17-7-9-18(10-8-17)15-28-22-12-11-21-24(27)23(29-25(21)16(22)2)14-19-5-4-6-20(26)13-19/h3-14H,1,15H2,2H3/b23-14-. The lowest BCUT2D eigenvalue weighted by Crippen LogP contribution is -1.98. The van der Waals surface area contributed by atoms with Crippen LogP contribution in [0.3, 0.4) is 0 Å². The summed E-state index contributed by atoms with van der Waals surface area (Å²) in [5.41, 5.74) is 3.87. The van der Waals surface area contributed by atoms with Crippen molar-refractivity contribution in [1.82, 2.24) is 0 Å². The van der Waals surface area contributed by atoms with Crippen LogP contribution in [0, 0.1) is 12.7 Å². The summed E-state index contributed by atoms with van der Waals surface area (Å²) >= 11 is 0. The second kappa shape index (κ2) is 7.76. The first-order valence-electron chi connectivity index (χ1n) is 9.23. The number of fused-ring (bicyclic) bond motifs is 1. The monoisotopic (exact) mass is 386 g/mol. The van der Waals surface area contributed by atoms with E-state index in [9.17, 15) is 9.18 Å². The quantitative estimate of drug-likeness (QED) is 0.507. The highest BCUT2D eigenvalue weighted by Gasteiger charge is 2.30. The summed E-state index contributed by atoms with van der Waals surface area (Å²) in [5.74, 6) is 0.716. The summed E-state index contributed by atoms with van der Waals surface area (Å²) in [6, 6.07) is 17.4. The van der Waals surface area contributed by atoms with Crippen molar-refractivity contribution in [2.75, 3.05) is 0 Å². The van der Waals surface area contributed by atoms with E-state index in [1.54, 1.807) is 36.4 Å². The number of benzene rings is 3. The summed E-state index contributed by atoms with van der Waals surface area (Å²) in [4.78, 5) is 12.7. The second-order valence-corrected chi connectivity index (χ2v) is 6.79. The maximum atomic E-state index is 13.4. The molecule has 0 unspecified atom stereocenters. The molecule has 0 saturated carbocycles. The molecular formula is C25H19FO3. The highest BCUT2D eigenvalue weighted by Crippen LogP contribution is 2.39. The van der Waals surface area contributed by atoms with Gasteiger partial charge in [0.25, 0.3) is 0 Å². The van der Waals surface area contributed by atoms with Crippen LogP contribution in [-0.4, -0.2) is 5.78 Å². The molecule has 1 aliphatic rings. The fourth-order valence-corrected chi connectivity index (χ4v) is 3.18. The van der Waals surface area contributed by atoms with E-state index in [1.807, 2.05) is 31.2 Å². The minimum absolute atomic E-state index is 0.172. The normalized spacial score (nSPS) is 13.9. The van der Waals surface area contributed by atoms with Gasteiger partial charge in [0, 0.05) is 5.56 Å². The second-order valence-electron chi connectivity index (χ2n) is 6.79. The van der Waals surface area contributed by atoms with Gasteiger partial charge in [0.1, 0.15) is 23.9 Å². The van der Waals surface area contributed by atoms with Crippen molar-refractivity contribution in [2.45, 2.75) is 13.5 Å². The van der Waals surface area contributed by atoms with Gasteiger partial charge < -0.3 is 9.47 Å². The molecule has 0 aliphatic carbocycles. The zero-order valence-electron chi connectivity index (χ0n) is 15.9. The van der Waals surface area contributed by atoms with Gasteiger partial charge in [0.2, 0.25) is 5.78 Å². The largest absolute Gasteiger partial charge is 0.488 e. The number of carbonyl (C=O) groups excluding carboxylic acids is 1. The molecule has 1 aliphatic heterocycles. The molecule has 3 aromatic rings. The number of allylic oxidation sites excluding steroid dienone is 1. The fraction of sp³-hybridized carbons (Fsp3) is 0.0800. The summed E-state index contributed by atoms with van der Waals surface area (Å²) in [7, 11) is 0. The van der Waals surface area contributed by atoms with Crippen molar-refractivity contribution in [3.05, 3.63) is 107 Å². The van der Waals surface area contributed by atoms with E-state index in [-0.39, 0.29) is 17.4 Å². The molecule has 0 saturated heterocycles. The third-order valence-corrected chi connectivity index (χ3v) is 4.79. The van der Waals surface area contributed by atoms with Gasteiger partial charge >= 0.3 is 0 Å². The Balaban J connectivity index is 1.55. The molecule has 0 amide bonds. The molecule has 0 atom stereocenters.